The number of nitrogen functional groups attached to an aromatic ring is 1. The molecule has 0 amide bonds. The third kappa shape index (κ3) is 2.69. The van der Waals surface area contributed by atoms with Gasteiger partial charge in [0.05, 0.1) is 25.1 Å². The molecular formula is C15H18N6O3. The Labute approximate surface area is 138 Å². The predicted octanol–water partition coefficient (Wildman–Crippen LogP) is -0.0455. The quantitative estimate of drug-likeness (QED) is 0.579. The highest BCUT2D eigenvalue weighted by Crippen LogP contribution is 2.35. The largest absolute Gasteiger partial charge is 0.490 e. The predicted molar refractivity (Wildman–Crippen MR) is 88.2 cm³/mol. The van der Waals surface area contributed by atoms with E-state index in [4.69, 9.17) is 10.5 Å². The summed E-state index contributed by atoms with van der Waals surface area (Å²) in [5.74, 6) is 1.44. The van der Waals surface area contributed by atoms with Crippen molar-refractivity contribution in [2.45, 2.75) is 13.0 Å². The van der Waals surface area contributed by atoms with Crippen LogP contribution in [0.15, 0.2) is 12.3 Å². The van der Waals surface area contributed by atoms with Gasteiger partial charge in [0.15, 0.2) is 5.82 Å². The van der Waals surface area contributed by atoms with Gasteiger partial charge in [-0.05, 0) is 19.1 Å². The molecule has 0 aromatic carbocycles. The SMILES string of the molecule is COc1c(N2CC(O)C2)nc(N)nc1-n1ncc(/C=C/C=O)c1C. The van der Waals surface area contributed by atoms with Gasteiger partial charge in [0.2, 0.25) is 17.5 Å². The van der Waals surface area contributed by atoms with E-state index in [0.717, 1.165) is 11.3 Å². The third-order valence-electron chi connectivity index (χ3n) is 3.82. The second-order valence-corrected chi connectivity index (χ2v) is 5.41. The number of anilines is 2. The van der Waals surface area contributed by atoms with E-state index >= 15 is 0 Å². The second-order valence-electron chi connectivity index (χ2n) is 5.41. The number of methoxy groups -OCH3 is 1. The highest BCUT2D eigenvalue weighted by molar-refractivity contribution is 5.74. The molecule has 2 aromatic heterocycles. The number of hydrogen-bond donors (Lipinski definition) is 2. The molecule has 1 aliphatic heterocycles. The van der Waals surface area contributed by atoms with Crippen LogP contribution >= 0.6 is 0 Å². The van der Waals surface area contributed by atoms with Crippen molar-refractivity contribution in [3.8, 4) is 11.6 Å². The Morgan fingerprint density at radius 3 is 2.71 bits per heavy atom. The van der Waals surface area contributed by atoms with Crippen molar-refractivity contribution in [1.82, 2.24) is 19.7 Å². The number of hydrogen-bond acceptors (Lipinski definition) is 8. The van der Waals surface area contributed by atoms with Crippen LogP contribution in [0, 0.1) is 6.92 Å². The molecule has 9 heteroatoms. The number of aliphatic hydroxyl groups excluding tert-OH is 1. The number of aliphatic hydroxyl groups is 1. The summed E-state index contributed by atoms with van der Waals surface area (Å²) in [6.45, 7) is 2.76. The first-order chi connectivity index (χ1) is 11.5. The number of nitrogens with zero attached hydrogens (tertiary/aromatic N) is 5. The average molecular weight is 330 g/mol. The number of ether oxygens (including phenoxy) is 1. The first-order valence-corrected chi connectivity index (χ1v) is 7.36. The summed E-state index contributed by atoms with van der Waals surface area (Å²) >= 11 is 0. The number of nitrogens with two attached hydrogens (primary N) is 1. The minimum atomic E-state index is -0.388. The van der Waals surface area contributed by atoms with Gasteiger partial charge in [-0.25, -0.2) is 4.68 Å². The zero-order valence-corrected chi connectivity index (χ0v) is 13.4. The molecule has 0 unspecified atom stereocenters. The van der Waals surface area contributed by atoms with Gasteiger partial charge in [-0.3, -0.25) is 4.79 Å². The van der Waals surface area contributed by atoms with Gasteiger partial charge in [-0.15, -0.1) is 0 Å². The monoisotopic (exact) mass is 330 g/mol. The fourth-order valence-electron chi connectivity index (χ4n) is 2.55. The van der Waals surface area contributed by atoms with Gasteiger partial charge in [-0.2, -0.15) is 15.1 Å². The summed E-state index contributed by atoms with van der Waals surface area (Å²) in [5.41, 5.74) is 7.40. The molecule has 0 atom stereocenters. The summed E-state index contributed by atoms with van der Waals surface area (Å²) in [6, 6.07) is 0. The van der Waals surface area contributed by atoms with Crippen LogP contribution in [-0.4, -0.2) is 57.4 Å². The van der Waals surface area contributed by atoms with Crippen LogP contribution in [0.5, 0.6) is 5.75 Å². The molecular weight excluding hydrogens is 312 g/mol. The van der Waals surface area contributed by atoms with E-state index in [1.807, 2.05) is 11.8 Å². The van der Waals surface area contributed by atoms with Crippen molar-refractivity contribution in [1.29, 1.82) is 0 Å². The lowest BCUT2D eigenvalue weighted by Crippen LogP contribution is -2.51. The fourth-order valence-corrected chi connectivity index (χ4v) is 2.55. The van der Waals surface area contributed by atoms with Gasteiger partial charge in [-0.1, -0.05) is 0 Å². The van der Waals surface area contributed by atoms with E-state index in [1.165, 1.54) is 13.2 Å². The molecule has 0 radical (unpaired) electrons. The van der Waals surface area contributed by atoms with Crippen LogP contribution in [-0.2, 0) is 4.79 Å². The van der Waals surface area contributed by atoms with Crippen LogP contribution in [0.2, 0.25) is 0 Å². The molecule has 1 saturated heterocycles. The molecule has 0 spiro atoms. The van der Waals surface area contributed by atoms with E-state index in [2.05, 4.69) is 15.1 Å². The molecule has 3 heterocycles. The van der Waals surface area contributed by atoms with Gasteiger partial charge >= 0.3 is 0 Å². The van der Waals surface area contributed by atoms with E-state index < -0.39 is 0 Å². The molecule has 0 aliphatic carbocycles. The zero-order valence-electron chi connectivity index (χ0n) is 13.4. The summed E-state index contributed by atoms with van der Waals surface area (Å²) in [5, 5.41) is 13.8. The number of rotatable bonds is 5. The van der Waals surface area contributed by atoms with Gasteiger partial charge in [0.25, 0.3) is 0 Å². The highest BCUT2D eigenvalue weighted by Gasteiger charge is 2.31. The molecule has 3 N–H and O–H groups in total. The summed E-state index contributed by atoms with van der Waals surface area (Å²) in [6.07, 6.45) is 5.00. The first kappa shape index (κ1) is 15.9. The lowest BCUT2D eigenvalue weighted by molar-refractivity contribution is -0.104. The molecule has 1 fully saturated rings. The summed E-state index contributed by atoms with van der Waals surface area (Å²) < 4.78 is 7.07. The Morgan fingerprint density at radius 1 is 1.38 bits per heavy atom. The Balaban J connectivity index is 2.09. The molecule has 126 valence electrons. The van der Waals surface area contributed by atoms with Crippen molar-refractivity contribution in [2.75, 3.05) is 30.8 Å². The van der Waals surface area contributed by atoms with Crippen molar-refractivity contribution in [2.24, 2.45) is 0 Å². The first-order valence-electron chi connectivity index (χ1n) is 7.36. The number of allylic oxidation sites excluding steroid dienone is 1. The molecule has 24 heavy (non-hydrogen) atoms. The molecule has 0 saturated carbocycles. The van der Waals surface area contributed by atoms with E-state index in [1.54, 1.807) is 17.0 Å². The smallest absolute Gasteiger partial charge is 0.224 e. The number of aromatic nitrogens is 4. The lowest BCUT2D eigenvalue weighted by atomic mass is 10.1. The number of carbonyl (C=O) groups excluding carboxylic acids is 1. The Bertz CT molecular complexity index is 795. The van der Waals surface area contributed by atoms with Crippen molar-refractivity contribution in [3.63, 3.8) is 0 Å². The Morgan fingerprint density at radius 2 is 2.08 bits per heavy atom. The van der Waals surface area contributed by atoms with Crippen LogP contribution in [0.3, 0.4) is 0 Å². The van der Waals surface area contributed by atoms with Crippen molar-refractivity contribution < 1.29 is 14.6 Å². The maximum Gasteiger partial charge on any atom is 0.224 e. The molecule has 9 nitrogen and oxygen atoms in total. The molecule has 1 aliphatic rings. The molecule has 0 bridgehead atoms. The van der Waals surface area contributed by atoms with Crippen LogP contribution in [0.1, 0.15) is 11.3 Å². The number of β-amino-alcohol motifs (C(OH)–C–C–N with tert-alkyl or cyclic N) is 1. The summed E-state index contributed by atoms with van der Waals surface area (Å²) in [7, 11) is 1.52. The zero-order chi connectivity index (χ0) is 17.3. The van der Waals surface area contributed by atoms with E-state index in [-0.39, 0.29) is 12.1 Å². The maximum absolute atomic E-state index is 10.5. The standard InChI is InChI=1S/C15H18N6O3/c1-9-10(4-3-5-22)6-17-21(9)14-12(24-2)13(18-15(16)19-14)20-7-11(23)8-20/h3-6,11,23H,7-8H2,1-2H3,(H2,16,18,19)/b4-3+. The van der Waals surface area contributed by atoms with Crippen molar-refractivity contribution in [3.05, 3.63) is 23.5 Å². The topological polar surface area (TPSA) is 119 Å². The van der Waals surface area contributed by atoms with Gasteiger partial charge in [0, 0.05) is 18.7 Å². The van der Waals surface area contributed by atoms with E-state index in [9.17, 15) is 9.90 Å². The van der Waals surface area contributed by atoms with E-state index in [0.29, 0.717) is 36.8 Å². The normalized spacial score (nSPS) is 14.9. The second kappa shape index (κ2) is 6.28. The summed E-state index contributed by atoms with van der Waals surface area (Å²) in [4.78, 5) is 20.8. The van der Waals surface area contributed by atoms with Gasteiger partial charge in [0.1, 0.15) is 6.29 Å². The van der Waals surface area contributed by atoms with Crippen LogP contribution in [0.4, 0.5) is 11.8 Å². The number of aldehydes is 1. The van der Waals surface area contributed by atoms with Crippen LogP contribution in [0.25, 0.3) is 11.9 Å². The molecule has 2 aromatic rings. The third-order valence-corrected chi connectivity index (χ3v) is 3.82. The number of carbonyl (C=O) groups is 1. The Kier molecular flexibility index (Phi) is 4.17. The minimum absolute atomic E-state index is 0.0853. The maximum atomic E-state index is 10.5. The molecule has 3 rings (SSSR count). The fraction of sp³-hybridized carbons (Fsp3) is 0.333. The Hall–Kier alpha value is -2.94. The van der Waals surface area contributed by atoms with Crippen LogP contribution < -0.4 is 15.4 Å². The van der Waals surface area contributed by atoms with Crippen molar-refractivity contribution >= 4 is 24.1 Å². The lowest BCUT2D eigenvalue weighted by Gasteiger charge is -2.37. The average Bonchev–Trinajstić information content (AvgIpc) is 2.89. The highest BCUT2D eigenvalue weighted by atomic mass is 16.5. The minimum Gasteiger partial charge on any atom is -0.490 e. The van der Waals surface area contributed by atoms with Gasteiger partial charge < -0.3 is 20.5 Å².